The van der Waals surface area contributed by atoms with Crippen LogP contribution in [0, 0.1) is 5.82 Å². The van der Waals surface area contributed by atoms with Gasteiger partial charge in [-0.3, -0.25) is 4.79 Å². The number of aryl methyl sites for hydroxylation is 1. The molecule has 1 saturated heterocycles. The summed E-state index contributed by atoms with van der Waals surface area (Å²) in [5, 5.41) is 0. The van der Waals surface area contributed by atoms with Crippen LogP contribution in [0.15, 0.2) is 29.3 Å². The van der Waals surface area contributed by atoms with E-state index in [-0.39, 0.29) is 17.6 Å². The number of ether oxygens (including phenoxy) is 1. The number of carbonyl (C=O) groups excluding carboxylic acids is 1. The topological polar surface area (TPSA) is 84.0 Å². The van der Waals surface area contributed by atoms with Gasteiger partial charge in [0.15, 0.2) is 5.96 Å². The van der Waals surface area contributed by atoms with Crippen molar-refractivity contribution in [3.63, 3.8) is 0 Å². The highest BCUT2D eigenvalue weighted by Crippen LogP contribution is 2.40. The first kappa shape index (κ1) is 24.9. The van der Waals surface area contributed by atoms with Crippen LogP contribution < -0.4 is 5.73 Å². The number of aliphatic imine (C=N–C) groups is 1. The number of hydrogen-bond acceptors (Lipinski definition) is 6. The van der Waals surface area contributed by atoms with E-state index in [4.69, 9.17) is 10.5 Å². The molecule has 2 N–H and O–H groups in total. The van der Waals surface area contributed by atoms with Gasteiger partial charge in [0.2, 0.25) is 0 Å². The van der Waals surface area contributed by atoms with Crippen LogP contribution in [-0.4, -0.2) is 53.5 Å². The summed E-state index contributed by atoms with van der Waals surface area (Å²) >= 11 is 0. The average Bonchev–Trinajstić information content (AvgIpc) is 3.27. The maximum atomic E-state index is 15.0. The third-order valence-electron chi connectivity index (χ3n) is 6.46. The largest absolute Gasteiger partial charge is 0.433 e. The maximum absolute atomic E-state index is 15.0. The summed E-state index contributed by atoms with van der Waals surface area (Å²) in [6, 6.07) is 4.16. The van der Waals surface area contributed by atoms with E-state index in [2.05, 4.69) is 9.98 Å². The number of nitrogens with two attached hydrogens (primary N) is 1. The first-order valence-corrected chi connectivity index (χ1v) is 11.5. The Kier molecular flexibility index (Phi) is 6.72. The fraction of sp³-hybridized carbons (Fsp3) is 0.458. The fourth-order valence-electron chi connectivity index (χ4n) is 4.77. The second-order valence-electron chi connectivity index (χ2n) is 8.35. The Morgan fingerprint density at radius 1 is 1.23 bits per heavy atom. The number of amides is 1. The molecule has 0 bridgehead atoms. The van der Waals surface area contributed by atoms with Crippen LogP contribution in [0.5, 0.6) is 0 Å². The van der Waals surface area contributed by atoms with Crippen molar-refractivity contribution in [1.29, 1.82) is 0 Å². The molecule has 0 radical (unpaired) electrons. The van der Waals surface area contributed by atoms with Crippen molar-refractivity contribution in [2.75, 3.05) is 26.8 Å². The zero-order valence-corrected chi connectivity index (χ0v) is 19.7. The van der Waals surface area contributed by atoms with E-state index in [1.807, 2.05) is 18.7 Å². The number of guanidine groups is 1. The number of fused-ring (bicyclic) bond motifs is 4. The molecule has 0 spiro atoms. The molecule has 2 aliphatic heterocycles. The van der Waals surface area contributed by atoms with Gasteiger partial charge in [-0.15, -0.1) is 0 Å². The Labute approximate surface area is 200 Å². The summed E-state index contributed by atoms with van der Waals surface area (Å²) in [7, 11) is 1.52. The standard InChI is InChI=1S/C22H21F4N5O2.C2H6/c1-30(17-4-3-15-11(17)2-5-19(28-15)22(24,25)26)20(32)12-8-13-16(9-14(12)23)29-21(27)31-6-7-33-10-18(13)31;1-2/h2,5,8-9,17-18H,3-4,6-7,10H2,1H3,(H2,27,29);1-2H3/t17?,18-;/m0./s1. The Morgan fingerprint density at radius 2 is 1.97 bits per heavy atom. The van der Waals surface area contributed by atoms with Gasteiger partial charge in [0.1, 0.15) is 11.5 Å². The monoisotopic (exact) mass is 493 g/mol. The molecule has 1 aromatic heterocycles. The van der Waals surface area contributed by atoms with Crippen LogP contribution >= 0.6 is 0 Å². The van der Waals surface area contributed by atoms with Crippen LogP contribution in [-0.2, 0) is 17.3 Å². The number of rotatable bonds is 2. The molecule has 0 saturated carbocycles. The van der Waals surface area contributed by atoms with Crippen molar-refractivity contribution in [3.8, 4) is 0 Å². The Bertz CT molecular complexity index is 1170. The summed E-state index contributed by atoms with van der Waals surface area (Å²) in [4.78, 5) is 24.5. The minimum Gasteiger partial charge on any atom is -0.377 e. The first-order chi connectivity index (χ1) is 16.6. The van der Waals surface area contributed by atoms with Crippen molar-refractivity contribution in [1.82, 2.24) is 14.8 Å². The number of nitrogens with zero attached hydrogens (tertiary/aromatic N) is 4. The minimum absolute atomic E-state index is 0.134. The normalized spacial score (nSPS) is 20.7. The number of carbonyl (C=O) groups is 1. The molecule has 1 amide bonds. The number of morpholine rings is 1. The van der Waals surface area contributed by atoms with Gasteiger partial charge in [0, 0.05) is 30.9 Å². The van der Waals surface area contributed by atoms with E-state index in [1.54, 1.807) is 0 Å². The Hall–Kier alpha value is -3.21. The van der Waals surface area contributed by atoms with E-state index in [9.17, 15) is 22.4 Å². The van der Waals surface area contributed by atoms with Crippen molar-refractivity contribution in [2.24, 2.45) is 10.7 Å². The molecule has 1 aliphatic carbocycles. The number of alkyl halides is 3. The van der Waals surface area contributed by atoms with Gasteiger partial charge >= 0.3 is 6.18 Å². The fourth-order valence-corrected chi connectivity index (χ4v) is 4.77. The summed E-state index contributed by atoms with van der Waals surface area (Å²) in [5.41, 5.74) is 6.76. The van der Waals surface area contributed by atoms with Crippen LogP contribution in [0.3, 0.4) is 0 Å². The van der Waals surface area contributed by atoms with Crippen molar-refractivity contribution >= 4 is 17.6 Å². The highest BCUT2D eigenvalue weighted by molar-refractivity contribution is 5.96. The van der Waals surface area contributed by atoms with Gasteiger partial charge in [0.25, 0.3) is 5.91 Å². The Morgan fingerprint density at radius 3 is 2.69 bits per heavy atom. The number of hydrogen-bond donors (Lipinski definition) is 1. The van der Waals surface area contributed by atoms with E-state index in [1.165, 1.54) is 30.1 Å². The van der Waals surface area contributed by atoms with Gasteiger partial charge in [-0.05, 0) is 30.5 Å². The quantitative estimate of drug-likeness (QED) is 0.629. The zero-order valence-electron chi connectivity index (χ0n) is 19.7. The summed E-state index contributed by atoms with van der Waals surface area (Å²) in [6.07, 6.45) is -3.83. The summed E-state index contributed by atoms with van der Waals surface area (Å²) in [6.45, 7) is 5.36. The van der Waals surface area contributed by atoms with Gasteiger partial charge in [0.05, 0.1) is 36.5 Å². The van der Waals surface area contributed by atoms with Crippen LogP contribution in [0.2, 0.25) is 0 Å². The lowest BCUT2D eigenvalue weighted by Crippen LogP contribution is -2.48. The Balaban J connectivity index is 0.00000141. The van der Waals surface area contributed by atoms with Crippen molar-refractivity contribution in [3.05, 3.63) is 58.2 Å². The lowest BCUT2D eigenvalue weighted by Gasteiger charge is -2.39. The molecule has 1 fully saturated rings. The van der Waals surface area contributed by atoms with E-state index in [0.29, 0.717) is 55.1 Å². The molecular formula is C24H27F4N5O2. The molecule has 1 unspecified atom stereocenters. The first-order valence-electron chi connectivity index (χ1n) is 11.5. The van der Waals surface area contributed by atoms with Gasteiger partial charge in [-0.25, -0.2) is 14.4 Å². The highest BCUT2D eigenvalue weighted by atomic mass is 19.4. The number of pyridine rings is 1. The van der Waals surface area contributed by atoms with Gasteiger partial charge in [-0.1, -0.05) is 19.9 Å². The molecule has 2 atom stereocenters. The molecule has 1 aromatic carbocycles. The molecule has 11 heteroatoms. The summed E-state index contributed by atoms with van der Waals surface area (Å²) < 4.78 is 59.5. The number of benzene rings is 1. The molecule has 3 aliphatic rings. The zero-order chi connectivity index (χ0) is 25.5. The average molecular weight is 494 g/mol. The second-order valence-corrected chi connectivity index (χ2v) is 8.35. The lowest BCUT2D eigenvalue weighted by atomic mass is 9.97. The smallest absolute Gasteiger partial charge is 0.377 e. The lowest BCUT2D eigenvalue weighted by molar-refractivity contribution is -0.141. The van der Waals surface area contributed by atoms with E-state index in [0.717, 1.165) is 6.07 Å². The predicted molar refractivity (Wildman–Crippen MR) is 122 cm³/mol. The minimum atomic E-state index is -4.54. The van der Waals surface area contributed by atoms with Gasteiger partial charge in [-0.2, -0.15) is 13.2 Å². The SMILES string of the molecule is CC.CN(C(=O)c1cc2c(cc1F)N=C(N)N1CCOC[C@@H]21)C1CCc2nc(C(F)(F)F)ccc21. The molecule has 35 heavy (non-hydrogen) atoms. The third-order valence-corrected chi connectivity index (χ3v) is 6.46. The number of aromatic nitrogens is 1. The molecule has 188 valence electrons. The van der Waals surface area contributed by atoms with Crippen molar-refractivity contribution < 1.29 is 27.1 Å². The molecule has 3 heterocycles. The van der Waals surface area contributed by atoms with Crippen LogP contribution in [0.1, 0.15) is 65.2 Å². The summed E-state index contributed by atoms with van der Waals surface area (Å²) in [5.74, 6) is -1.03. The molecular weight excluding hydrogens is 466 g/mol. The van der Waals surface area contributed by atoms with Crippen molar-refractivity contribution in [2.45, 2.75) is 44.9 Å². The van der Waals surface area contributed by atoms with Crippen LogP contribution in [0.25, 0.3) is 0 Å². The molecule has 7 nitrogen and oxygen atoms in total. The molecule has 2 aromatic rings. The van der Waals surface area contributed by atoms with Gasteiger partial charge < -0.3 is 20.3 Å². The third kappa shape index (κ3) is 4.44. The van der Waals surface area contributed by atoms with E-state index < -0.39 is 29.6 Å². The van der Waals surface area contributed by atoms with Crippen LogP contribution in [0.4, 0.5) is 23.2 Å². The maximum Gasteiger partial charge on any atom is 0.433 e. The second kappa shape index (κ2) is 9.44. The number of halogens is 4. The predicted octanol–water partition coefficient (Wildman–Crippen LogP) is 4.36. The van der Waals surface area contributed by atoms with E-state index >= 15 is 0 Å². The molecule has 5 rings (SSSR count). The highest BCUT2D eigenvalue weighted by Gasteiger charge is 2.38.